The van der Waals surface area contributed by atoms with Crippen LogP contribution in [0.25, 0.3) is 0 Å². The zero-order valence-corrected chi connectivity index (χ0v) is 23.0. The van der Waals surface area contributed by atoms with Gasteiger partial charge in [0.15, 0.2) is 0 Å². The average molecular weight is 544 g/mol. The van der Waals surface area contributed by atoms with Crippen LogP contribution < -0.4 is 26.8 Å². The minimum atomic E-state index is -1.25. The van der Waals surface area contributed by atoms with Gasteiger partial charge in [-0.1, -0.05) is 26.7 Å². The summed E-state index contributed by atoms with van der Waals surface area (Å²) in [6, 6.07) is 0.201. The van der Waals surface area contributed by atoms with Gasteiger partial charge in [0.25, 0.3) is 17.4 Å². The fraction of sp³-hybridized carbons (Fsp3) is 0.500. The number of carbonyl (C=O) groups is 5. The van der Waals surface area contributed by atoms with Crippen LogP contribution in [-0.2, 0) is 32.8 Å². The lowest BCUT2D eigenvalue weighted by molar-refractivity contribution is -0.137. The zero-order chi connectivity index (χ0) is 29.1. The predicted molar refractivity (Wildman–Crippen MR) is 144 cm³/mol. The van der Waals surface area contributed by atoms with Gasteiger partial charge in [-0.15, -0.1) is 0 Å². The average Bonchev–Trinajstić information content (AvgIpc) is 3.34. The van der Waals surface area contributed by atoms with Gasteiger partial charge in [-0.3, -0.25) is 28.8 Å². The van der Waals surface area contributed by atoms with Crippen LogP contribution >= 0.6 is 0 Å². The SMILES string of the molecule is CCC(CC)CNC(=O)Cn1cc(C)cc(NC(=O)C(CCC(=O)C(=O)NC)NC(=O)c2cncn2C)c1=O. The van der Waals surface area contributed by atoms with Crippen LogP contribution in [-0.4, -0.2) is 63.2 Å². The second-order valence-corrected chi connectivity index (χ2v) is 9.30. The van der Waals surface area contributed by atoms with Gasteiger partial charge >= 0.3 is 0 Å². The zero-order valence-electron chi connectivity index (χ0n) is 23.0. The molecule has 0 aliphatic heterocycles. The van der Waals surface area contributed by atoms with Gasteiger partial charge in [0.05, 0.1) is 12.5 Å². The Kier molecular flexibility index (Phi) is 11.6. The molecule has 2 heterocycles. The lowest BCUT2D eigenvalue weighted by Crippen LogP contribution is -2.45. The first kappa shape index (κ1) is 30.9. The quantitative estimate of drug-likeness (QED) is 0.248. The molecule has 0 bridgehead atoms. The third kappa shape index (κ3) is 8.90. The Balaban J connectivity index is 2.22. The number of rotatable bonds is 14. The molecule has 0 aromatic carbocycles. The van der Waals surface area contributed by atoms with Gasteiger partial charge in [0, 0.05) is 33.3 Å². The lowest BCUT2D eigenvalue weighted by atomic mass is 10.0. The van der Waals surface area contributed by atoms with E-state index in [2.05, 4.69) is 26.3 Å². The van der Waals surface area contributed by atoms with Crippen LogP contribution in [0.3, 0.4) is 0 Å². The fourth-order valence-corrected chi connectivity index (χ4v) is 3.86. The molecule has 2 aromatic heterocycles. The van der Waals surface area contributed by atoms with Crippen LogP contribution in [0.15, 0.2) is 29.6 Å². The standard InChI is InChI=1S/C26H37N7O6/c1-6-17(7-2)11-29-22(35)14-33-13-16(3)10-19(26(33)39)31-23(36)18(8-9-21(34)25(38)27-4)30-24(37)20-12-28-15-32(20)5/h10,12-13,15,17-18H,6-9,11,14H2,1-5H3,(H,27,38)(H,29,35)(H,30,37)(H,31,36). The number of nitrogens with zero attached hydrogens (tertiary/aromatic N) is 3. The second-order valence-electron chi connectivity index (χ2n) is 9.30. The molecule has 0 radical (unpaired) electrons. The molecule has 1 unspecified atom stereocenters. The monoisotopic (exact) mass is 543 g/mol. The Bertz CT molecular complexity index is 1260. The maximum Gasteiger partial charge on any atom is 0.287 e. The summed E-state index contributed by atoms with van der Waals surface area (Å²) in [7, 11) is 2.91. The smallest absolute Gasteiger partial charge is 0.287 e. The molecule has 4 amide bonds. The molecule has 4 N–H and O–H groups in total. The van der Waals surface area contributed by atoms with E-state index in [1.165, 1.54) is 41.0 Å². The van der Waals surface area contributed by atoms with Crippen molar-refractivity contribution >= 4 is 35.1 Å². The highest BCUT2D eigenvalue weighted by atomic mass is 16.2. The van der Waals surface area contributed by atoms with E-state index in [-0.39, 0.29) is 36.7 Å². The molecular weight excluding hydrogens is 506 g/mol. The van der Waals surface area contributed by atoms with Crippen LogP contribution in [0.2, 0.25) is 0 Å². The Labute approximate surface area is 226 Å². The lowest BCUT2D eigenvalue weighted by Gasteiger charge is -2.19. The number of pyridine rings is 1. The Morgan fingerprint density at radius 3 is 2.38 bits per heavy atom. The van der Waals surface area contributed by atoms with Crippen LogP contribution in [0, 0.1) is 12.8 Å². The van der Waals surface area contributed by atoms with Crippen molar-refractivity contribution in [2.24, 2.45) is 13.0 Å². The molecule has 39 heavy (non-hydrogen) atoms. The Morgan fingerprint density at radius 1 is 1.10 bits per heavy atom. The molecule has 13 nitrogen and oxygen atoms in total. The summed E-state index contributed by atoms with van der Waals surface area (Å²) in [5.41, 5.74) is 0.0840. The molecule has 2 rings (SSSR count). The van der Waals surface area contributed by atoms with Crippen molar-refractivity contribution in [2.75, 3.05) is 18.9 Å². The molecule has 0 saturated carbocycles. The van der Waals surface area contributed by atoms with Crippen molar-refractivity contribution in [1.82, 2.24) is 30.1 Å². The highest BCUT2D eigenvalue weighted by molar-refractivity contribution is 6.36. The number of hydrogen-bond acceptors (Lipinski definition) is 7. The Hall–Kier alpha value is -4.29. The van der Waals surface area contributed by atoms with E-state index in [0.29, 0.717) is 18.0 Å². The molecule has 212 valence electrons. The van der Waals surface area contributed by atoms with Crippen LogP contribution in [0.1, 0.15) is 55.6 Å². The molecule has 0 fully saturated rings. The topological polar surface area (TPSA) is 173 Å². The number of Topliss-reactive ketones (excluding diaryl/α,β-unsaturated/α-hetero) is 1. The van der Waals surface area contributed by atoms with Gasteiger partial charge < -0.3 is 30.4 Å². The van der Waals surface area contributed by atoms with Crippen molar-refractivity contribution in [3.63, 3.8) is 0 Å². The molecule has 2 aromatic rings. The van der Waals surface area contributed by atoms with Gasteiger partial charge in [-0.2, -0.15) is 0 Å². The van der Waals surface area contributed by atoms with Gasteiger partial charge in [-0.05, 0) is 30.9 Å². The van der Waals surface area contributed by atoms with Gasteiger partial charge in [0.2, 0.25) is 17.6 Å². The van der Waals surface area contributed by atoms with Crippen molar-refractivity contribution in [2.45, 2.75) is 59.0 Å². The minimum Gasteiger partial charge on any atom is -0.354 e. The van der Waals surface area contributed by atoms with E-state index in [1.54, 1.807) is 14.0 Å². The van der Waals surface area contributed by atoms with Crippen molar-refractivity contribution < 1.29 is 24.0 Å². The number of carbonyl (C=O) groups excluding carboxylic acids is 5. The number of aromatic nitrogens is 3. The van der Waals surface area contributed by atoms with E-state index >= 15 is 0 Å². The number of imidazole rings is 1. The van der Waals surface area contributed by atoms with E-state index in [4.69, 9.17) is 0 Å². The third-order valence-electron chi connectivity index (χ3n) is 6.35. The molecule has 13 heteroatoms. The van der Waals surface area contributed by atoms with Crippen molar-refractivity contribution in [1.29, 1.82) is 0 Å². The highest BCUT2D eigenvalue weighted by Crippen LogP contribution is 2.09. The van der Waals surface area contributed by atoms with E-state index in [0.717, 1.165) is 12.8 Å². The van der Waals surface area contributed by atoms with Gasteiger partial charge in [-0.25, -0.2) is 4.98 Å². The predicted octanol–water partition coefficient (Wildman–Crippen LogP) is 0.275. The van der Waals surface area contributed by atoms with Crippen molar-refractivity contribution in [3.8, 4) is 0 Å². The molecule has 0 spiro atoms. The number of likely N-dealkylation sites (N-methyl/N-ethyl adjacent to an activating group) is 1. The summed E-state index contributed by atoms with van der Waals surface area (Å²) in [6.45, 7) is 6.06. The first-order valence-electron chi connectivity index (χ1n) is 12.8. The molecule has 0 aliphatic carbocycles. The van der Waals surface area contributed by atoms with Crippen LogP contribution in [0.5, 0.6) is 0 Å². The summed E-state index contributed by atoms with van der Waals surface area (Å²) >= 11 is 0. The molecular formula is C26H37N7O6. The maximum atomic E-state index is 13.2. The van der Waals surface area contributed by atoms with E-state index < -0.39 is 35.1 Å². The summed E-state index contributed by atoms with van der Waals surface area (Å²) in [5.74, 6) is -2.97. The largest absolute Gasteiger partial charge is 0.354 e. The van der Waals surface area contributed by atoms with E-state index in [9.17, 15) is 28.8 Å². The minimum absolute atomic E-state index is 0.0924. The normalized spacial score (nSPS) is 11.5. The second kappa shape index (κ2) is 14.6. The maximum absolute atomic E-state index is 13.2. The number of nitrogens with one attached hydrogen (secondary N) is 4. The number of hydrogen-bond donors (Lipinski definition) is 4. The fourth-order valence-electron chi connectivity index (χ4n) is 3.86. The number of amides is 4. The number of aryl methyl sites for hydroxylation is 2. The first-order chi connectivity index (χ1) is 18.5. The molecule has 0 saturated heterocycles. The number of anilines is 1. The summed E-state index contributed by atoms with van der Waals surface area (Å²) in [6.07, 6.45) is 5.56. The van der Waals surface area contributed by atoms with Crippen molar-refractivity contribution in [3.05, 3.63) is 46.4 Å². The summed E-state index contributed by atoms with van der Waals surface area (Å²) in [5, 5.41) is 10.1. The van der Waals surface area contributed by atoms with E-state index in [1.807, 2.05) is 13.8 Å². The van der Waals surface area contributed by atoms with Crippen LogP contribution in [0.4, 0.5) is 5.69 Å². The summed E-state index contributed by atoms with van der Waals surface area (Å²) < 4.78 is 2.65. The third-order valence-corrected chi connectivity index (χ3v) is 6.35. The summed E-state index contributed by atoms with van der Waals surface area (Å²) in [4.78, 5) is 79.1. The molecule has 1 atom stereocenters. The molecule has 0 aliphatic rings. The first-order valence-corrected chi connectivity index (χ1v) is 12.8. The highest BCUT2D eigenvalue weighted by Gasteiger charge is 2.26. The Morgan fingerprint density at radius 2 is 1.79 bits per heavy atom. The van der Waals surface area contributed by atoms with Gasteiger partial charge in [0.1, 0.15) is 24.0 Å². The number of ketones is 1.